The van der Waals surface area contributed by atoms with Crippen LogP contribution in [0.2, 0.25) is 0 Å². The summed E-state index contributed by atoms with van der Waals surface area (Å²) in [5.41, 5.74) is 0.0805. The van der Waals surface area contributed by atoms with Crippen LogP contribution in [0.25, 0.3) is 0 Å². The number of rotatable bonds is 4. The molecule has 0 bridgehead atoms. The lowest BCUT2D eigenvalue weighted by Gasteiger charge is -2.34. The fourth-order valence-corrected chi connectivity index (χ4v) is 2.46. The molecule has 17 heavy (non-hydrogen) atoms. The third-order valence-corrected chi connectivity index (χ3v) is 3.59. The Bertz CT molecular complexity index is 356. The van der Waals surface area contributed by atoms with Gasteiger partial charge in [-0.1, -0.05) is 19.3 Å². The lowest BCUT2D eigenvalue weighted by Crippen LogP contribution is -2.43. The first-order chi connectivity index (χ1) is 8.11. The summed E-state index contributed by atoms with van der Waals surface area (Å²) in [5.74, 6) is 0.409. The van der Waals surface area contributed by atoms with E-state index in [1.807, 2.05) is 0 Å². The Morgan fingerprint density at radius 1 is 1.41 bits per heavy atom. The third-order valence-electron chi connectivity index (χ3n) is 3.59. The zero-order valence-corrected chi connectivity index (χ0v) is 10.1. The van der Waals surface area contributed by atoms with Crippen LogP contribution in [-0.2, 0) is 6.54 Å². The van der Waals surface area contributed by atoms with Crippen molar-refractivity contribution in [3.8, 4) is 0 Å². The molecule has 0 aromatic carbocycles. The highest BCUT2D eigenvalue weighted by Crippen LogP contribution is 2.27. The Labute approximate surface area is 100 Å². The zero-order valence-electron chi connectivity index (χ0n) is 10.1. The largest absolute Gasteiger partial charge is 0.319 e. The molecular weight excluding hydrogens is 224 g/mol. The van der Waals surface area contributed by atoms with Crippen molar-refractivity contribution < 1.29 is 8.78 Å². The topological polar surface area (TPSA) is 29.9 Å². The van der Waals surface area contributed by atoms with E-state index in [9.17, 15) is 8.78 Å². The molecule has 1 N–H and O–H groups in total. The molecule has 0 atom stereocenters. The van der Waals surface area contributed by atoms with E-state index in [1.54, 1.807) is 0 Å². The highest BCUT2D eigenvalue weighted by atomic mass is 19.3. The number of imidazole rings is 1. The van der Waals surface area contributed by atoms with Gasteiger partial charge in [0.1, 0.15) is 5.82 Å². The summed E-state index contributed by atoms with van der Waals surface area (Å²) in [6, 6.07) is 0. The predicted octanol–water partition coefficient (Wildman–Crippen LogP) is 3.09. The van der Waals surface area contributed by atoms with Crippen LogP contribution in [-0.4, -0.2) is 15.1 Å². The number of nitrogens with zero attached hydrogens (tertiary/aromatic N) is 2. The fraction of sp³-hybridized carbons (Fsp3) is 0.750. The van der Waals surface area contributed by atoms with E-state index >= 15 is 0 Å². The van der Waals surface area contributed by atoms with E-state index in [4.69, 9.17) is 0 Å². The molecule has 1 aromatic heterocycles. The molecule has 3 nitrogen and oxygen atoms in total. The minimum Gasteiger partial charge on any atom is -0.305 e. The van der Waals surface area contributed by atoms with Crippen molar-refractivity contribution in [2.45, 2.75) is 57.7 Å². The molecule has 0 radical (unpaired) electrons. The summed E-state index contributed by atoms with van der Waals surface area (Å²) in [5, 5.41) is 3.38. The summed E-state index contributed by atoms with van der Waals surface area (Å²) in [4.78, 5) is 3.97. The van der Waals surface area contributed by atoms with Crippen LogP contribution < -0.4 is 5.32 Å². The summed E-state index contributed by atoms with van der Waals surface area (Å²) in [7, 11) is 0. The van der Waals surface area contributed by atoms with E-state index in [0.717, 1.165) is 17.4 Å². The molecule has 1 heterocycles. The van der Waals surface area contributed by atoms with Crippen LogP contribution >= 0.6 is 0 Å². The molecule has 1 aliphatic rings. The maximum absolute atomic E-state index is 12.6. The molecule has 0 amide bonds. The van der Waals surface area contributed by atoms with Crippen molar-refractivity contribution in [3.05, 3.63) is 18.2 Å². The molecule has 0 saturated heterocycles. The van der Waals surface area contributed by atoms with Gasteiger partial charge in [-0.2, -0.15) is 8.78 Å². The standard InChI is InChI=1S/C12H19F2N3/c1-12(5-3-2-4-6-12)16-9-10-15-7-8-17(10)11(13)14/h7-8,11,16H,2-6,9H2,1H3. The lowest BCUT2D eigenvalue weighted by molar-refractivity contribution is 0.0658. The second-order valence-corrected chi connectivity index (χ2v) is 5.00. The number of hydrogen-bond donors (Lipinski definition) is 1. The van der Waals surface area contributed by atoms with Crippen LogP contribution in [0.1, 0.15) is 51.4 Å². The van der Waals surface area contributed by atoms with Crippen LogP contribution in [0.4, 0.5) is 8.78 Å². The van der Waals surface area contributed by atoms with Crippen LogP contribution in [0.3, 0.4) is 0 Å². The summed E-state index contributed by atoms with van der Waals surface area (Å²) in [6.07, 6.45) is 8.69. The molecule has 0 unspecified atom stereocenters. The Morgan fingerprint density at radius 2 is 2.12 bits per heavy atom. The van der Waals surface area contributed by atoms with Crippen LogP contribution in [0.5, 0.6) is 0 Å². The fourth-order valence-electron chi connectivity index (χ4n) is 2.46. The monoisotopic (exact) mass is 243 g/mol. The molecule has 96 valence electrons. The predicted molar refractivity (Wildman–Crippen MR) is 61.8 cm³/mol. The minimum absolute atomic E-state index is 0.0805. The maximum atomic E-state index is 12.6. The number of aromatic nitrogens is 2. The first-order valence-electron chi connectivity index (χ1n) is 6.16. The molecule has 2 rings (SSSR count). The zero-order chi connectivity index (χ0) is 12.3. The summed E-state index contributed by atoms with van der Waals surface area (Å²) >= 11 is 0. The SMILES string of the molecule is CC1(NCc2nccn2C(F)F)CCCCC1. The van der Waals surface area contributed by atoms with Gasteiger partial charge in [0.15, 0.2) is 0 Å². The lowest BCUT2D eigenvalue weighted by atomic mass is 9.83. The Hall–Kier alpha value is -0.970. The Balaban J connectivity index is 1.94. The van der Waals surface area contributed by atoms with Crippen molar-refractivity contribution in [3.63, 3.8) is 0 Å². The molecule has 1 saturated carbocycles. The van der Waals surface area contributed by atoms with Crippen molar-refractivity contribution in [2.75, 3.05) is 0 Å². The molecule has 1 aromatic rings. The number of alkyl halides is 2. The molecule has 1 fully saturated rings. The van der Waals surface area contributed by atoms with E-state index in [-0.39, 0.29) is 5.54 Å². The van der Waals surface area contributed by atoms with E-state index in [2.05, 4.69) is 17.2 Å². The van der Waals surface area contributed by atoms with Gasteiger partial charge in [0.2, 0.25) is 0 Å². The van der Waals surface area contributed by atoms with Crippen molar-refractivity contribution in [2.24, 2.45) is 0 Å². The molecule has 5 heteroatoms. The van der Waals surface area contributed by atoms with E-state index in [1.165, 1.54) is 31.7 Å². The van der Waals surface area contributed by atoms with Gasteiger partial charge < -0.3 is 5.32 Å². The number of halogens is 2. The van der Waals surface area contributed by atoms with Crippen molar-refractivity contribution in [1.29, 1.82) is 0 Å². The van der Waals surface area contributed by atoms with Crippen molar-refractivity contribution >= 4 is 0 Å². The van der Waals surface area contributed by atoms with Crippen LogP contribution in [0.15, 0.2) is 12.4 Å². The van der Waals surface area contributed by atoms with Gasteiger partial charge in [-0.3, -0.25) is 4.57 Å². The van der Waals surface area contributed by atoms with Gasteiger partial charge in [0.05, 0.1) is 6.54 Å². The first-order valence-corrected chi connectivity index (χ1v) is 6.16. The van der Waals surface area contributed by atoms with Gasteiger partial charge in [0.25, 0.3) is 0 Å². The highest BCUT2D eigenvalue weighted by molar-refractivity contribution is 4.95. The average Bonchev–Trinajstić information content (AvgIpc) is 2.76. The van der Waals surface area contributed by atoms with Gasteiger partial charge in [0, 0.05) is 17.9 Å². The second kappa shape index (κ2) is 5.12. The molecule has 0 aliphatic heterocycles. The first kappa shape index (κ1) is 12.5. The number of hydrogen-bond acceptors (Lipinski definition) is 2. The second-order valence-electron chi connectivity index (χ2n) is 5.00. The maximum Gasteiger partial charge on any atom is 0.319 e. The molecule has 0 spiro atoms. The molecular formula is C12H19F2N3. The highest BCUT2D eigenvalue weighted by Gasteiger charge is 2.26. The Morgan fingerprint density at radius 3 is 2.76 bits per heavy atom. The average molecular weight is 243 g/mol. The molecule has 1 aliphatic carbocycles. The van der Waals surface area contributed by atoms with Gasteiger partial charge in [-0.25, -0.2) is 4.98 Å². The Kier molecular flexibility index (Phi) is 3.76. The van der Waals surface area contributed by atoms with E-state index in [0.29, 0.717) is 12.4 Å². The van der Waals surface area contributed by atoms with E-state index < -0.39 is 6.55 Å². The van der Waals surface area contributed by atoms with Crippen molar-refractivity contribution in [1.82, 2.24) is 14.9 Å². The quantitative estimate of drug-likeness (QED) is 0.880. The summed E-state index contributed by atoms with van der Waals surface area (Å²) in [6.45, 7) is 0.0730. The minimum atomic E-state index is -2.51. The smallest absolute Gasteiger partial charge is 0.305 e. The van der Waals surface area contributed by atoms with Gasteiger partial charge in [-0.15, -0.1) is 0 Å². The van der Waals surface area contributed by atoms with Gasteiger partial charge in [-0.05, 0) is 19.8 Å². The third kappa shape index (κ3) is 3.03. The van der Waals surface area contributed by atoms with Gasteiger partial charge >= 0.3 is 6.55 Å². The normalized spacial score (nSPS) is 19.8. The number of nitrogens with one attached hydrogen (secondary N) is 1. The summed E-state index contributed by atoms with van der Waals surface area (Å²) < 4.78 is 26.1. The van der Waals surface area contributed by atoms with Crippen LogP contribution in [0, 0.1) is 0 Å².